The molecule has 0 saturated carbocycles. The predicted molar refractivity (Wildman–Crippen MR) is 45.3 cm³/mol. The van der Waals surface area contributed by atoms with Crippen molar-refractivity contribution in [3.05, 3.63) is 28.3 Å². The van der Waals surface area contributed by atoms with E-state index in [-0.39, 0.29) is 0 Å². The van der Waals surface area contributed by atoms with E-state index in [1.165, 1.54) is 0 Å². The molecule has 0 aliphatic heterocycles. The normalized spacial score (nSPS) is 9.18. The predicted octanol–water partition coefficient (Wildman–Crippen LogP) is 2.10. The number of benzene rings is 1. The number of nitrogens with two attached hydrogens (primary N) is 1. The van der Waals surface area contributed by atoms with Gasteiger partial charge < -0.3 is 5.73 Å². The molecule has 0 spiro atoms. The minimum Gasteiger partial charge on any atom is -0.398 e. The van der Waals surface area contributed by atoms with Gasteiger partial charge in [-0.25, -0.2) is 0 Å². The van der Waals surface area contributed by atoms with Gasteiger partial charge in [0, 0.05) is 0 Å². The second-order valence-corrected chi connectivity index (χ2v) is 2.63. The number of rotatable bonds is 0. The topological polar surface area (TPSA) is 49.8 Å². The molecular formula is C8H7ClN2. The number of nitrogen functional groups attached to an aromatic ring is 1. The summed E-state index contributed by atoms with van der Waals surface area (Å²) in [6.07, 6.45) is 0. The fourth-order valence-electron chi connectivity index (χ4n) is 0.827. The lowest BCUT2D eigenvalue weighted by Gasteiger charge is -2.02. The Morgan fingerprint density at radius 2 is 2.18 bits per heavy atom. The largest absolute Gasteiger partial charge is 0.398 e. The molecule has 3 heteroatoms. The van der Waals surface area contributed by atoms with Crippen molar-refractivity contribution < 1.29 is 0 Å². The van der Waals surface area contributed by atoms with Crippen LogP contribution >= 0.6 is 11.6 Å². The van der Waals surface area contributed by atoms with Gasteiger partial charge in [-0.15, -0.1) is 0 Å². The highest BCUT2D eigenvalue weighted by Crippen LogP contribution is 2.24. The van der Waals surface area contributed by atoms with Crippen LogP contribution < -0.4 is 5.73 Å². The molecule has 0 bridgehead atoms. The minimum absolute atomic E-state index is 0.476. The smallest absolute Gasteiger partial charge is 0.0994 e. The van der Waals surface area contributed by atoms with Crippen LogP contribution in [0.1, 0.15) is 11.1 Å². The zero-order chi connectivity index (χ0) is 8.43. The molecule has 0 heterocycles. The van der Waals surface area contributed by atoms with E-state index in [0.717, 1.165) is 5.56 Å². The standard InChI is InChI=1S/C8H7ClN2/c1-5-6(4-10)2-3-7(11)8(5)9/h2-3H,11H2,1H3. The van der Waals surface area contributed by atoms with Gasteiger partial charge in [-0.1, -0.05) is 11.6 Å². The van der Waals surface area contributed by atoms with Crippen molar-refractivity contribution >= 4 is 17.3 Å². The lowest BCUT2D eigenvalue weighted by Crippen LogP contribution is -1.90. The first kappa shape index (κ1) is 7.90. The van der Waals surface area contributed by atoms with Gasteiger partial charge in [-0.3, -0.25) is 0 Å². The van der Waals surface area contributed by atoms with E-state index < -0.39 is 0 Å². The molecule has 0 aliphatic rings. The van der Waals surface area contributed by atoms with Crippen LogP contribution in [0.5, 0.6) is 0 Å². The Balaban J connectivity index is 3.40. The highest BCUT2D eigenvalue weighted by Gasteiger charge is 2.03. The Hall–Kier alpha value is -1.20. The van der Waals surface area contributed by atoms with Crippen molar-refractivity contribution in [2.24, 2.45) is 0 Å². The van der Waals surface area contributed by atoms with Crippen molar-refractivity contribution in [3.8, 4) is 6.07 Å². The quantitative estimate of drug-likeness (QED) is 0.600. The molecule has 0 fully saturated rings. The maximum atomic E-state index is 8.58. The van der Waals surface area contributed by atoms with Crippen molar-refractivity contribution in [2.75, 3.05) is 5.73 Å². The average Bonchev–Trinajstić information content (AvgIpc) is 2.01. The Morgan fingerprint density at radius 3 is 2.73 bits per heavy atom. The van der Waals surface area contributed by atoms with E-state index in [9.17, 15) is 0 Å². The van der Waals surface area contributed by atoms with Crippen LogP contribution in [0.15, 0.2) is 12.1 Å². The Kier molecular flexibility index (Phi) is 2.02. The molecule has 2 N–H and O–H groups in total. The first-order chi connectivity index (χ1) is 5.16. The third kappa shape index (κ3) is 1.28. The maximum absolute atomic E-state index is 8.58. The van der Waals surface area contributed by atoms with Crippen LogP contribution in [-0.4, -0.2) is 0 Å². The van der Waals surface area contributed by atoms with Crippen molar-refractivity contribution in [1.29, 1.82) is 5.26 Å². The highest BCUT2D eigenvalue weighted by molar-refractivity contribution is 6.33. The third-order valence-corrected chi connectivity index (χ3v) is 2.04. The summed E-state index contributed by atoms with van der Waals surface area (Å²) >= 11 is 5.79. The van der Waals surface area contributed by atoms with Gasteiger partial charge in [0.05, 0.1) is 22.3 Å². The van der Waals surface area contributed by atoms with E-state index in [1.54, 1.807) is 19.1 Å². The van der Waals surface area contributed by atoms with Gasteiger partial charge in [0.2, 0.25) is 0 Å². The molecule has 0 aliphatic carbocycles. The average molecular weight is 167 g/mol. The Morgan fingerprint density at radius 1 is 1.55 bits per heavy atom. The van der Waals surface area contributed by atoms with Crippen LogP contribution in [-0.2, 0) is 0 Å². The summed E-state index contributed by atoms with van der Waals surface area (Å²) in [5.74, 6) is 0. The summed E-state index contributed by atoms with van der Waals surface area (Å²) in [7, 11) is 0. The zero-order valence-electron chi connectivity index (χ0n) is 6.06. The summed E-state index contributed by atoms with van der Waals surface area (Å²) in [5, 5.41) is 9.06. The fourth-order valence-corrected chi connectivity index (χ4v) is 0.992. The van der Waals surface area contributed by atoms with Crippen molar-refractivity contribution in [2.45, 2.75) is 6.92 Å². The summed E-state index contributed by atoms with van der Waals surface area (Å²) in [4.78, 5) is 0. The number of hydrogen-bond acceptors (Lipinski definition) is 2. The molecule has 56 valence electrons. The Labute approximate surface area is 70.2 Å². The lowest BCUT2D eigenvalue weighted by molar-refractivity contribution is 1.39. The third-order valence-electron chi connectivity index (χ3n) is 1.54. The number of nitrogens with zero attached hydrogens (tertiary/aromatic N) is 1. The fraction of sp³-hybridized carbons (Fsp3) is 0.125. The number of halogens is 1. The van der Waals surface area contributed by atoms with E-state index in [0.29, 0.717) is 16.3 Å². The first-order valence-corrected chi connectivity index (χ1v) is 3.49. The summed E-state index contributed by atoms with van der Waals surface area (Å²) < 4.78 is 0. The second kappa shape index (κ2) is 2.81. The molecule has 1 rings (SSSR count). The van der Waals surface area contributed by atoms with E-state index in [1.807, 2.05) is 6.07 Å². The number of nitriles is 1. The molecular weight excluding hydrogens is 160 g/mol. The van der Waals surface area contributed by atoms with Crippen molar-refractivity contribution in [1.82, 2.24) is 0 Å². The SMILES string of the molecule is Cc1c(C#N)ccc(N)c1Cl. The molecule has 2 nitrogen and oxygen atoms in total. The van der Waals surface area contributed by atoms with E-state index >= 15 is 0 Å². The first-order valence-electron chi connectivity index (χ1n) is 3.11. The highest BCUT2D eigenvalue weighted by atomic mass is 35.5. The molecule has 0 amide bonds. The van der Waals surface area contributed by atoms with Crippen LogP contribution in [0.4, 0.5) is 5.69 Å². The van der Waals surface area contributed by atoms with E-state index in [4.69, 9.17) is 22.6 Å². The second-order valence-electron chi connectivity index (χ2n) is 2.25. The van der Waals surface area contributed by atoms with Crippen LogP contribution in [0.25, 0.3) is 0 Å². The van der Waals surface area contributed by atoms with Gasteiger partial charge in [-0.2, -0.15) is 5.26 Å². The lowest BCUT2D eigenvalue weighted by atomic mass is 10.1. The van der Waals surface area contributed by atoms with Gasteiger partial charge >= 0.3 is 0 Å². The molecule has 0 atom stereocenters. The maximum Gasteiger partial charge on any atom is 0.0994 e. The molecule has 0 saturated heterocycles. The molecule has 1 aromatic rings. The monoisotopic (exact) mass is 166 g/mol. The van der Waals surface area contributed by atoms with E-state index in [2.05, 4.69) is 0 Å². The van der Waals surface area contributed by atoms with Crippen LogP contribution in [0.3, 0.4) is 0 Å². The molecule has 0 aromatic heterocycles. The molecule has 0 radical (unpaired) electrons. The van der Waals surface area contributed by atoms with Crippen molar-refractivity contribution in [3.63, 3.8) is 0 Å². The van der Waals surface area contributed by atoms with Crippen LogP contribution in [0.2, 0.25) is 5.02 Å². The van der Waals surface area contributed by atoms with Gasteiger partial charge in [0.15, 0.2) is 0 Å². The minimum atomic E-state index is 0.476. The zero-order valence-corrected chi connectivity index (χ0v) is 6.81. The summed E-state index contributed by atoms with van der Waals surface area (Å²) in [6.45, 7) is 1.78. The number of anilines is 1. The van der Waals surface area contributed by atoms with Gasteiger partial charge in [-0.05, 0) is 24.6 Å². The summed E-state index contributed by atoms with van der Waals surface area (Å²) in [5.41, 5.74) is 7.34. The van der Waals surface area contributed by atoms with Gasteiger partial charge in [0.25, 0.3) is 0 Å². The number of hydrogen-bond donors (Lipinski definition) is 1. The molecule has 11 heavy (non-hydrogen) atoms. The molecule has 0 unspecified atom stereocenters. The summed E-state index contributed by atoms with van der Waals surface area (Å²) in [6, 6.07) is 5.32. The molecule has 1 aromatic carbocycles. The Bertz CT molecular complexity index is 326. The van der Waals surface area contributed by atoms with Gasteiger partial charge in [0.1, 0.15) is 0 Å². The van der Waals surface area contributed by atoms with Crippen LogP contribution in [0, 0.1) is 18.3 Å².